The number of hydrogen-bond donors (Lipinski definition) is 3. The number of ether oxygens (including phenoxy) is 1. The predicted octanol–water partition coefficient (Wildman–Crippen LogP) is 2.12. The van der Waals surface area contributed by atoms with Crippen LogP contribution in [-0.2, 0) is 10.0 Å². The summed E-state index contributed by atoms with van der Waals surface area (Å²) in [6.45, 7) is 6.26. The number of nitrogens with one attached hydrogen (secondary N) is 1. The summed E-state index contributed by atoms with van der Waals surface area (Å²) in [6, 6.07) is 14.2. The van der Waals surface area contributed by atoms with Gasteiger partial charge in [-0.2, -0.15) is 0 Å². The number of aliphatic hydroxyl groups is 1. The largest absolute Gasteiger partial charge is 0.492 e. The van der Waals surface area contributed by atoms with Crippen LogP contribution in [0.3, 0.4) is 0 Å². The minimum atomic E-state index is -3.82. The summed E-state index contributed by atoms with van der Waals surface area (Å²) in [5.74, 6) is 0.777. The van der Waals surface area contributed by atoms with E-state index in [0.717, 1.165) is 5.75 Å². The summed E-state index contributed by atoms with van der Waals surface area (Å²) >= 11 is 0. The number of rotatable bonds is 8. The average Bonchev–Trinajstić information content (AvgIpc) is 2.58. The molecule has 2 rings (SSSR count). The molecule has 142 valence electrons. The van der Waals surface area contributed by atoms with Crippen LogP contribution in [0.25, 0.3) is 0 Å². The second-order valence-electron chi connectivity index (χ2n) is 6.95. The fourth-order valence-electron chi connectivity index (χ4n) is 2.45. The van der Waals surface area contributed by atoms with Gasteiger partial charge in [0.2, 0.25) is 10.0 Å². The first-order chi connectivity index (χ1) is 12.1. The van der Waals surface area contributed by atoms with Crippen LogP contribution in [0, 0.1) is 6.92 Å². The van der Waals surface area contributed by atoms with Gasteiger partial charge in [0.1, 0.15) is 12.4 Å². The summed E-state index contributed by atoms with van der Waals surface area (Å²) in [6.07, 6.45) is -0.868. The molecule has 0 spiro atoms. The number of primary sulfonamides is 1. The zero-order valence-corrected chi connectivity index (χ0v) is 16.1. The van der Waals surface area contributed by atoms with Crippen LogP contribution in [0.4, 0.5) is 0 Å². The fourth-order valence-corrected chi connectivity index (χ4v) is 3.27. The Morgan fingerprint density at radius 3 is 2.46 bits per heavy atom. The van der Waals surface area contributed by atoms with Crippen molar-refractivity contribution in [3.63, 3.8) is 0 Å². The minimum Gasteiger partial charge on any atom is -0.492 e. The van der Waals surface area contributed by atoms with Crippen LogP contribution in [-0.4, -0.2) is 32.2 Å². The van der Waals surface area contributed by atoms with E-state index in [1.165, 1.54) is 6.07 Å². The number of aryl methyl sites for hydroxylation is 1. The van der Waals surface area contributed by atoms with Gasteiger partial charge in [-0.05, 0) is 50.1 Å². The molecule has 0 fully saturated rings. The Hall–Kier alpha value is -1.93. The quantitative estimate of drug-likeness (QED) is 0.653. The molecule has 0 radical (unpaired) electrons. The molecule has 0 saturated heterocycles. The predicted molar refractivity (Wildman–Crippen MR) is 102 cm³/mol. The first-order valence-corrected chi connectivity index (χ1v) is 9.87. The van der Waals surface area contributed by atoms with Crippen molar-refractivity contribution < 1.29 is 18.3 Å². The molecule has 1 atom stereocenters. The highest BCUT2D eigenvalue weighted by molar-refractivity contribution is 7.89. The van der Waals surface area contributed by atoms with Gasteiger partial charge >= 0.3 is 0 Å². The van der Waals surface area contributed by atoms with E-state index < -0.39 is 16.1 Å². The molecule has 2 aromatic rings. The monoisotopic (exact) mass is 378 g/mol. The van der Waals surface area contributed by atoms with Crippen LogP contribution in [0.2, 0.25) is 0 Å². The first-order valence-electron chi connectivity index (χ1n) is 8.33. The summed E-state index contributed by atoms with van der Waals surface area (Å²) in [5.41, 5.74) is 0.657. The van der Waals surface area contributed by atoms with Crippen molar-refractivity contribution >= 4 is 10.0 Å². The van der Waals surface area contributed by atoms with Gasteiger partial charge in [0, 0.05) is 12.1 Å². The van der Waals surface area contributed by atoms with Crippen molar-refractivity contribution in [2.24, 2.45) is 5.14 Å². The maximum absolute atomic E-state index is 11.6. The molecule has 0 heterocycles. The van der Waals surface area contributed by atoms with Crippen LogP contribution in [0.15, 0.2) is 53.4 Å². The Morgan fingerprint density at radius 1 is 1.19 bits per heavy atom. The van der Waals surface area contributed by atoms with E-state index in [0.29, 0.717) is 17.7 Å². The minimum absolute atomic E-state index is 0.0284. The molecular weight excluding hydrogens is 352 g/mol. The Morgan fingerprint density at radius 2 is 1.85 bits per heavy atom. The van der Waals surface area contributed by atoms with Crippen LogP contribution in [0.5, 0.6) is 5.75 Å². The van der Waals surface area contributed by atoms with E-state index in [2.05, 4.69) is 5.32 Å². The van der Waals surface area contributed by atoms with Crippen molar-refractivity contribution in [2.45, 2.75) is 37.3 Å². The number of nitrogens with two attached hydrogens (primary N) is 1. The van der Waals surface area contributed by atoms with Crippen LogP contribution in [0.1, 0.15) is 31.1 Å². The molecule has 0 aliphatic heterocycles. The maximum atomic E-state index is 11.6. The van der Waals surface area contributed by atoms with Crippen molar-refractivity contribution in [1.82, 2.24) is 5.32 Å². The smallest absolute Gasteiger partial charge is 0.238 e. The molecule has 1 unspecified atom stereocenters. The lowest BCUT2D eigenvalue weighted by molar-refractivity contribution is 0.142. The molecule has 0 aliphatic rings. The summed E-state index contributed by atoms with van der Waals surface area (Å²) in [4.78, 5) is 0.0284. The molecule has 7 heteroatoms. The van der Waals surface area contributed by atoms with E-state index in [1.54, 1.807) is 19.1 Å². The Kier molecular flexibility index (Phi) is 6.41. The molecule has 0 aliphatic carbocycles. The zero-order valence-electron chi connectivity index (χ0n) is 15.3. The third-order valence-corrected chi connectivity index (χ3v) is 5.07. The van der Waals surface area contributed by atoms with Gasteiger partial charge in [0.15, 0.2) is 0 Å². The van der Waals surface area contributed by atoms with Gasteiger partial charge < -0.3 is 15.2 Å². The number of sulfonamides is 1. The highest BCUT2D eigenvalue weighted by Gasteiger charge is 2.21. The molecule has 2 aromatic carbocycles. The van der Waals surface area contributed by atoms with E-state index in [-0.39, 0.29) is 17.0 Å². The zero-order chi connectivity index (χ0) is 19.4. The lowest BCUT2D eigenvalue weighted by atomic mass is 10.0. The SMILES string of the molecule is Cc1ccc(C(O)CNC(C)(C)COc2ccccc2)cc1S(N)(=O)=O. The Balaban J connectivity index is 1.98. The third kappa shape index (κ3) is 5.81. The maximum Gasteiger partial charge on any atom is 0.238 e. The van der Waals surface area contributed by atoms with E-state index in [4.69, 9.17) is 9.88 Å². The normalized spacial score (nSPS) is 13.4. The van der Waals surface area contributed by atoms with Crippen molar-refractivity contribution in [1.29, 1.82) is 0 Å². The molecular formula is C19H26N2O4S. The molecule has 0 saturated carbocycles. The average molecular weight is 378 g/mol. The molecule has 26 heavy (non-hydrogen) atoms. The second-order valence-corrected chi connectivity index (χ2v) is 8.48. The van der Waals surface area contributed by atoms with Gasteiger partial charge in [-0.3, -0.25) is 0 Å². The highest BCUT2D eigenvalue weighted by Crippen LogP contribution is 2.21. The molecule has 0 aromatic heterocycles. The third-order valence-electron chi connectivity index (χ3n) is 4.02. The van der Waals surface area contributed by atoms with Gasteiger partial charge in [0.25, 0.3) is 0 Å². The van der Waals surface area contributed by atoms with E-state index in [1.807, 2.05) is 44.2 Å². The number of benzene rings is 2. The Labute approximate surface area is 155 Å². The number of hydrogen-bond acceptors (Lipinski definition) is 5. The lowest BCUT2D eigenvalue weighted by Crippen LogP contribution is -2.46. The number of para-hydroxylation sites is 1. The molecule has 0 bridgehead atoms. The van der Waals surface area contributed by atoms with Gasteiger partial charge in [-0.1, -0.05) is 30.3 Å². The molecule has 6 nitrogen and oxygen atoms in total. The first kappa shape index (κ1) is 20.4. The van der Waals surface area contributed by atoms with Gasteiger partial charge in [-0.15, -0.1) is 0 Å². The van der Waals surface area contributed by atoms with Crippen molar-refractivity contribution in [3.8, 4) is 5.75 Å². The number of β-amino-alcohol motifs (C(OH)–C–C–N with tert-alkyl or cyclic N) is 1. The molecule has 0 amide bonds. The lowest BCUT2D eigenvalue weighted by Gasteiger charge is -2.28. The fraction of sp³-hybridized carbons (Fsp3) is 0.368. The van der Waals surface area contributed by atoms with Crippen molar-refractivity contribution in [3.05, 3.63) is 59.7 Å². The van der Waals surface area contributed by atoms with Crippen LogP contribution < -0.4 is 15.2 Å². The summed E-state index contributed by atoms with van der Waals surface area (Å²) in [7, 11) is -3.82. The topological polar surface area (TPSA) is 102 Å². The second kappa shape index (κ2) is 8.18. The van der Waals surface area contributed by atoms with E-state index in [9.17, 15) is 13.5 Å². The highest BCUT2D eigenvalue weighted by atomic mass is 32.2. The standard InChI is InChI=1S/C19H26N2O4S/c1-14-9-10-15(11-18(14)26(20,23)24)17(22)12-21-19(2,3)13-25-16-7-5-4-6-8-16/h4-11,17,21-22H,12-13H2,1-3H3,(H2,20,23,24). The Bertz CT molecular complexity index is 836. The summed E-state index contributed by atoms with van der Waals surface area (Å²) in [5, 5.41) is 18.9. The summed E-state index contributed by atoms with van der Waals surface area (Å²) < 4.78 is 29.0. The number of aliphatic hydroxyl groups excluding tert-OH is 1. The van der Waals surface area contributed by atoms with Crippen molar-refractivity contribution in [2.75, 3.05) is 13.2 Å². The molecule has 4 N–H and O–H groups in total. The van der Waals surface area contributed by atoms with Crippen LogP contribution >= 0.6 is 0 Å². The van der Waals surface area contributed by atoms with Gasteiger partial charge in [-0.25, -0.2) is 13.6 Å². The van der Waals surface area contributed by atoms with E-state index >= 15 is 0 Å². The van der Waals surface area contributed by atoms with Gasteiger partial charge in [0.05, 0.1) is 11.0 Å².